The van der Waals surface area contributed by atoms with Crippen LogP contribution in [0.15, 0.2) is 36.6 Å². The van der Waals surface area contributed by atoms with Crippen LogP contribution in [0.1, 0.15) is 32.6 Å². The first-order valence-electron chi connectivity index (χ1n) is 8.53. The molecule has 0 bridgehead atoms. The molecule has 0 aliphatic heterocycles. The molecule has 0 unspecified atom stereocenters. The van der Waals surface area contributed by atoms with Gasteiger partial charge in [-0.15, -0.1) is 0 Å². The third kappa shape index (κ3) is 5.94. The number of halogens is 6. The highest BCUT2D eigenvalue weighted by molar-refractivity contribution is 5.35. The maximum Gasteiger partial charge on any atom is 0.400 e. The topological polar surface area (TPSA) is 18.5 Å². The van der Waals surface area contributed by atoms with Gasteiger partial charge in [0.25, 0.3) is 6.43 Å². The highest BCUT2D eigenvalue weighted by Crippen LogP contribution is 2.41. The van der Waals surface area contributed by atoms with E-state index >= 15 is 0 Å². The Labute approximate surface area is 153 Å². The largest absolute Gasteiger partial charge is 0.459 e. The van der Waals surface area contributed by atoms with Crippen LogP contribution in [0.2, 0.25) is 0 Å². The van der Waals surface area contributed by atoms with Gasteiger partial charge < -0.3 is 9.47 Å². The van der Waals surface area contributed by atoms with Crippen LogP contribution in [-0.4, -0.2) is 12.5 Å². The number of rotatable bonds is 7. The lowest BCUT2D eigenvalue weighted by Gasteiger charge is -2.32. The summed E-state index contributed by atoms with van der Waals surface area (Å²) in [4.78, 5) is 0. The molecule has 0 spiro atoms. The molecule has 1 aromatic carbocycles. The van der Waals surface area contributed by atoms with Crippen molar-refractivity contribution in [2.45, 2.75) is 45.1 Å². The molecule has 1 aromatic rings. The van der Waals surface area contributed by atoms with Crippen LogP contribution in [0.25, 0.3) is 0 Å². The van der Waals surface area contributed by atoms with Crippen molar-refractivity contribution >= 4 is 0 Å². The zero-order valence-corrected chi connectivity index (χ0v) is 14.6. The lowest BCUT2D eigenvalue weighted by Crippen LogP contribution is -2.37. The molecule has 1 fully saturated rings. The fourth-order valence-electron chi connectivity index (χ4n) is 3.04. The molecule has 0 N–H and O–H groups in total. The lowest BCUT2D eigenvalue weighted by molar-refractivity contribution is -0.223. The molecule has 27 heavy (non-hydrogen) atoms. The summed E-state index contributed by atoms with van der Waals surface area (Å²) in [6.07, 6.45) is -0.268. The van der Waals surface area contributed by atoms with E-state index in [1.165, 1.54) is 0 Å². The Kier molecular flexibility index (Phi) is 7.21. The summed E-state index contributed by atoms with van der Waals surface area (Å²) in [6.45, 7) is 1.86. The first-order valence-corrected chi connectivity index (χ1v) is 8.53. The normalized spacial score (nSPS) is 21.3. The van der Waals surface area contributed by atoms with Gasteiger partial charge in [-0.3, -0.25) is 0 Å². The molecule has 2 rings (SSSR count). The molecular formula is C19H20F6O2. The number of allylic oxidation sites excluding steroid dienone is 3. The number of ether oxygens (including phenoxy) is 2. The summed E-state index contributed by atoms with van der Waals surface area (Å²) in [6, 6.07) is 1.07. The SMILES string of the molecule is CC=CC1CCC(C(F)(F)Oc2cc(F)c(OC=CC(F)F)c(F)c2)CC1. The Balaban J connectivity index is 2.05. The first kappa shape index (κ1) is 21.2. The van der Waals surface area contributed by atoms with E-state index in [0.717, 1.165) is 0 Å². The average Bonchev–Trinajstić information content (AvgIpc) is 2.57. The van der Waals surface area contributed by atoms with Crippen LogP contribution in [-0.2, 0) is 0 Å². The van der Waals surface area contributed by atoms with Crippen molar-refractivity contribution in [3.63, 3.8) is 0 Å². The van der Waals surface area contributed by atoms with Crippen molar-refractivity contribution in [3.8, 4) is 11.5 Å². The highest BCUT2D eigenvalue weighted by Gasteiger charge is 2.44. The molecular weight excluding hydrogens is 374 g/mol. The van der Waals surface area contributed by atoms with E-state index < -0.39 is 41.6 Å². The summed E-state index contributed by atoms with van der Waals surface area (Å²) >= 11 is 0. The minimum absolute atomic E-state index is 0.229. The summed E-state index contributed by atoms with van der Waals surface area (Å²) in [5.74, 6) is -5.16. The van der Waals surface area contributed by atoms with Gasteiger partial charge >= 0.3 is 6.11 Å². The third-order valence-corrected chi connectivity index (χ3v) is 4.35. The van der Waals surface area contributed by atoms with E-state index in [1.807, 2.05) is 19.1 Å². The summed E-state index contributed by atoms with van der Waals surface area (Å²) < 4.78 is 89.4. The van der Waals surface area contributed by atoms with Gasteiger partial charge in [0.2, 0.25) is 0 Å². The fraction of sp³-hybridized carbons (Fsp3) is 0.474. The van der Waals surface area contributed by atoms with E-state index in [9.17, 15) is 26.3 Å². The zero-order valence-electron chi connectivity index (χ0n) is 14.6. The molecule has 1 aliphatic carbocycles. The van der Waals surface area contributed by atoms with E-state index in [0.29, 0.717) is 31.2 Å². The predicted molar refractivity (Wildman–Crippen MR) is 88.0 cm³/mol. The third-order valence-electron chi connectivity index (χ3n) is 4.35. The van der Waals surface area contributed by atoms with Crippen LogP contribution >= 0.6 is 0 Å². The van der Waals surface area contributed by atoms with Crippen LogP contribution in [0.5, 0.6) is 11.5 Å². The van der Waals surface area contributed by atoms with E-state index in [1.54, 1.807) is 0 Å². The maximum absolute atomic E-state index is 14.4. The standard InChI is InChI=1S/C19H20F6O2/c1-2-3-12-4-6-13(7-5-12)19(24,25)27-14-10-15(20)18(16(21)11-14)26-9-8-17(22)23/h2-3,8-13,17H,4-7H2,1H3. The van der Waals surface area contributed by atoms with Crippen molar-refractivity contribution in [2.75, 3.05) is 0 Å². The lowest BCUT2D eigenvalue weighted by atomic mass is 9.81. The number of hydrogen-bond donors (Lipinski definition) is 0. The minimum atomic E-state index is -3.59. The van der Waals surface area contributed by atoms with E-state index in [-0.39, 0.29) is 24.8 Å². The van der Waals surface area contributed by atoms with Crippen molar-refractivity contribution in [3.05, 3.63) is 48.3 Å². The second-order valence-corrected chi connectivity index (χ2v) is 6.30. The Bertz CT molecular complexity index is 656. The smallest absolute Gasteiger partial charge is 0.400 e. The zero-order chi connectivity index (χ0) is 20.0. The van der Waals surface area contributed by atoms with Crippen molar-refractivity contribution in [1.82, 2.24) is 0 Å². The van der Waals surface area contributed by atoms with Crippen molar-refractivity contribution in [2.24, 2.45) is 11.8 Å². The van der Waals surface area contributed by atoms with Crippen LogP contribution in [0.4, 0.5) is 26.3 Å². The monoisotopic (exact) mass is 394 g/mol. The predicted octanol–water partition coefficient (Wildman–Crippen LogP) is 6.48. The average molecular weight is 394 g/mol. The van der Waals surface area contributed by atoms with Gasteiger partial charge in [0.1, 0.15) is 5.75 Å². The first-order chi connectivity index (χ1) is 12.7. The van der Waals surface area contributed by atoms with E-state index in [2.05, 4.69) is 9.47 Å². The molecule has 1 saturated carbocycles. The van der Waals surface area contributed by atoms with Gasteiger partial charge in [0, 0.05) is 18.2 Å². The van der Waals surface area contributed by atoms with E-state index in [4.69, 9.17) is 0 Å². The van der Waals surface area contributed by atoms with Crippen LogP contribution in [0.3, 0.4) is 0 Å². The number of hydrogen-bond acceptors (Lipinski definition) is 2. The maximum atomic E-state index is 14.4. The molecule has 1 aliphatic rings. The molecule has 0 amide bonds. The van der Waals surface area contributed by atoms with Crippen molar-refractivity contribution < 1.29 is 35.8 Å². The Hall–Kier alpha value is -2.12. The molecule has 0 saturated heterocycles. The summed E-state index contributed by atoms with van der Waals surface area (Å²) in [5.41, 5.74) is 0. The summed E-state index contributed by atoms with van der Waals surface area (Å²) in [7, 11) is 0. The Morgan fingerprint density at radius 1 is 1.07 bits per heavy atom. The molecule has 2 nitrogen and oxygen atoms in total. The molecule has 150 valence electrons. The molecule has 8 heteroatoms. The van der Waals surface area contributed by atoms with Crippen molar-refractivity contribution in [1.29, 1.82) is 0 Å². The quantitative estimate of drug-likeness (QED) is 0.300. The van der Waals surface area contributed by atoms with Gasteiger partial charge in [-0.25, -0.2) is 17.6 Å². The van der Waals surface area contributed by atoms with Gasteiger partial charge in [-0.2, -0.15) is 8.78 Å². The molecule has 0 radical (unpaired) electrons. The molecule has 0 heterocycles. The fourth-order valence-corrected chi connectivity index (χ4v) is 3.04. The number of benzene rings is 1. The van der Waals surface area contributed by atoms with Gasteiger partial charge in [-0.05, 0) is 38.5 Å². The number of alkyl halides is 4. The Morgan fingerprint density at radius 2 is 1.67 bits per heavy atom. The minimum Gasteiger partial charge on any atom is -0.459 e. The van der Waals surface area contributed by atoms with Gasteiger partial charge in [0.05, 0.1) is 12.2 Å². The highest BCUT2D eigenvalue weighted by atomic mass is 19.3. The van der Waals surface area contributed by atoms with Gasteiger partial charge in [0.15, 0.2) is 17.4 Å². The molecule has 0 aromatic heterocycles. The molecule has 0 atom stereocenters. The van der Waals surface area contributed by atoms with Gasteiger partial charge in [-0.1, -0.05) is 12.2 Å². The Morgan fingerprint density at radius 3 is 2.19 bits per heavy atom. The van der Waals surface area contributed by atoms with Crippen LogP contribution in [0, 0.1) is 23.5 Å². The van der Waals surface area contributed by atoms with Crippen LogP contribution < -0.4 is 9.47 Å². The second kappa shape index (κ2) is 9.19. The second-order valence-electron chi connectivity index (χ2n) is 6.30. The summed E-state index contributed by atoms with van der Waals surface area (Å²) in [5, 5.41) is 0.